The van der Waals surface area contributed by atoms with Crippen LogP contribution in [0.5, 0.6) is 0 Å². The Labute approximate surface area is 205 Å². The lowest BCUT2D eigenvalue weighted by Gasteiger charge is -2.30. The number of esters is 1. The molecule has 1 aliphatic carbocycles. The number of hydrogen-bond donors (Lipinski definition) is 1. The molecular weight excluding hydrogens is 494 g/mol. The summed E-state index contributed by atoms with van der Waals surface area (Å²) in [5.41, 5.74) is -2.87. The van der Waals surface area contributed by atoms with E-state index in [2.05, 4.69) is 5.32 Å². The van der Waals surface area contributed by atoms with Gasteiger partial charge in [0, 0.05) is 25.2 Å². The van der Waals surface area contributed by atoms with Crippen molar-refractivity contribution >= 4 is 12.1 Å². The average Bonchev–Trinajstić information content (AvgIpc) is 3.25. The van der Waals surface area contributed by atoms with Crippen molar-refractivity contribution in [1.29, 1.82) is 0 Å². The second kappa shape index (κ2) is 11.3. The summed E-state index contributed by atoms with van der Waals surface area (Å²) in [5, 5.41) is 3.00. The van der Waals surface area contributed by atoms with Crippen molar-refractivity contribution in [1.82, 2.24) is 10.2 Å². The lowest BCUT2D eigenvalue weighted by atomic mass is 9.87. The van der Waals surface area contributed by atoms with Crippen molar-refractivity contribution in [3.8, 4) is 0 Å². The number of amides is 1. The lowest BCUT2D eigenvalue weighted by molar-refractivity contribution is -0.147. The number of alkyl halides is 6. The summed E-state index contributed by atoms with van der Waals surface area (Å²) in [6, 6.07) is 1.01. The van der Waals surface area contributed by atoms with Crippen LogP contribution in [0.15, 0.2) is 18.2 Å². The summed E-state index contributed by atoms with van der Waals surface area (Å²) in [5.74, 6) is -0.482. The largest absolute Gasteiger partial charge is 0.469 e. The van der Waals surface area contributed by atoms with Crippen LogP contribution in [-0.2, 0) is 33.2 Å². The maximum absolute atomic E-state index is 13.1. The van der Waals surface area contributed by atoms with E-state index in [-0.39, 0.29) is 54.8 Å². The van der Waals surface area contributed by atoms with Crippen LogP contribution in [-0.4, -0.2) is 48.8 Å². The SMILES string of the molecule is CC[C@@H]1C[C@H](NCc2cc(C(F)(F)F)cc(C(F)(F)F)c2)CN1C(=O)OC1CCC(C(=O)OC)CC1. The number of ether oxygens (including phenoxy) is 2. The number of rotatable bonds is 6. The number of nitrogens with zero attached hydrogens (tertiary/aromatic N) is 1. The number of benzene rings is 1. The van der Waals surface area contributed by atoms with Gasteiger partial charge in [-0.3, -0.25) is 4.79 Å². The van der Waals surface area contributed by atoms with Crippen LogP contribution in [0.4, 0.5) is 31.1 Å². The van der Waals surface area contributed by atoms with E-state index in [4.69, 9.17) is 9.47 Å². The smallest absolute Gasteiger partial charge is 0.416 e. The molecule has 1 saturated heterocycles. The topological polar surface area (TPSA) is 67.9 Å². The highest BCUT2D eigenvalue weighted by Crippen LogP contribution is 2.36. The first kappa shape index (κ1) is 28.1. The monoisotopic (exact) mass is 524 g/mol. The molecule has 0 radical (unpaired) electrons. The van der Waals surface area contributed by atoms with Crippen LogP contribution >= 0.6 is 0 Å². The molecule has 1 aliphatic heterocycles. The van der Waals surface area contributed by atoms with Gasteiger partial charge >= 0.3 is 24.4 Å². The molecule has 0 spiro atoms. The molecule has 1 N–H and O–H groups in total. The standard InChI is InChI=1S/C24H30F6N2O4/c1-3-19-11-18(13-32(19)22(34)36-20-6-4-15(5-7-20)21(33)35-2)31-12-14-8-16(23(25,26)27)10-17(9-14)24(28,29)30/h8-10,15,18-20,31H,3-7,11-13H2,1-2H3/t15?,18-,19+,20?/m0/s1. The van der Waals surface area contributed by atoms with Gasteiger partial charge in [-0.15, -0.1) is 0 Å². The minimum atomic E-state index is -4.91. The molecule has 36 heavy (non-hydrogen) atoms. The maximum atomic E-state index is 13.1. The van der Waals surface area contributed by atoms with E-state index in [1.165, 1.54) is 7.11 Å². The van der Waals surface area contributed by atoms with Crippen molar-refractivity contribution in [2.24, 2.45) is 5.92 Å². The highest BCUT2D eigenvalue weighted by atomic mass is 19.4. The quantitative estimate of drug-likeness (QED) is 0.391. The molecule has 1 saturated carbocycles. The first-order valence-electron chi connectivity index (χ1n) is 11.9. The molecule has 1 amide bonds. The third kappa shape index (κ3) is 7.04. The molecule has 0 unspecified atom stereocenters. The zero-order valence-corrected chi connectivity index (χ0v) is 20.0. The van der Waals surface area contributed by atoms with Crippen molar-refractivity contribution in [2.75, 3.05) is 13.7 Å². The van der Waals surface area contributed by atoms with E-state index in [0.717, 1.165) is 0 Å². The van der Waals surface area contributed by atoms with Crippen LogP contribution in [0.1, 0.15) is 62.1 Å². The van der Waals surface area contributed by atoms with Crippen LogP contribution in [0, 0.1) is 5.92 Å². The summed E-state index contributed by atoms with van der Waals surface area (Å²) < 4.78 is 89.1. The van der Waals surface area contributed by atoms with Crippen LogP contribution in [0.25, 0.3) is 0 Å². The van der Waals surface area contributed by atoms with Gasteiger partial charge in [0.25, 0.3) is 0 Å². The maximum Gasteiger partial charge on any atom is 0.416 e. The Hall–Kier alpha value is -2.50. The number of hydrogen-bond acceptors (Lipinski definition) is 5. The van der Waals surface area contributed by atoms with Crippen molar-refractivity contribution in [3.63, 3.8) is 0 Å². The minimum absolute atomic E-state index is 0.0998. The molecular formula is C24H30F6N2O4. The highest BCUT2D eigenvalue weighted by Gasteiger charge is 2.39. The normalized spacial score (nSPS) is 25.1. The molecule has 3 rings (SSSR count). The fourth-order valence-electron chi connectivity index (χ4n) is 4.85. The van der Waals surface area contributed by atoms with Gasteiger partial charge in [0.1, 0.15) is 6.10 Å². The van der Waals surface area contributed by atoms with E-state index >= 15 is 0 Å². The molecule has 0 aromatic heterocycles. The number of likely N-dealkylation sites (tertiary alicyclic amines) is 1. The second-order valence-corrected chi connectivity index (χ2v) is 9.32. The van der Waals surface area contributed by atoms with Gasteiger partial charge in [0.05, 0.1) is 24.2 Å². The second-order valence-electron chi connectivity index (χ2n) is 9.32. The van der Waals surface area contributed by atoms with Gasteiger partial charge in [-0.25, -0.2) is 4.79 Å². The fraction of sp³-hybridized carbons (Fsp3) is 0.667. The number of carbonyl (C=O) groups is 2. The number of methoxy groups -OCH3 is 1. The summed E-state index contributed by atoms with van der Waals surface area (Å²) in [7, 11) is 1.33. The molecule has 2 atom stereocenters. The predicted octanol–water partition coefficient (Wildman–Crippen LogP) is 5.54. The van der Waals surface area contributed by atoms with Gasteiger partial charge in [0.2, 0.25) is 0 Å². The zero-order valence-electron chi connectivity index (χ0n) is 20.0. The third-order valence-corrected chi connectivity index (χ3v) is 6.84. The average molecular weight is 525 g/mol. The molecule has 2 fully saturated rings. The van der Waals surface area contributed by atoms with E-state index in [9.17, 15) is 35.9 Å². The van der Waals surface area contributed by atoms with E-state index < -0.39 is 29.6 Å². The number of carbonyl (C=O) groups excluding carboxylic acids is 2. The van der Waals surface area contributed by atoms with Crippen molar-refractivity contribution < 1.29 is 45.4 Å². The van der Waals surface area contributed by atoms with Crippen LogP contribution < -0.4 is 5.32 Å². The molecule has 1 aromatic rings. The fourth-order valence-corrected chi connectivity index (χ4v) is 4.85. The summed E-state index contributed by atoms with van der Waals surface area (Å²) in [6.45, 7) is 1.89. The Bertz CT molecular complexity index is 896. The Balaban J connectivity index is 1.59. The van der Waals surface area contributed by atoms with E-state index in [1.807, 2.05) is 6.92 Å². The first-order chi connectivity index (χ1) is 16.8. The van der Waals surface area contributed by atoms with E-state index in [0.29, 0.717) is 50.7 Å². The molecule has 0 bridgehead atoms. The number of halogens is 6. The Morgan fingerprint density at radius 2 is 1.58 bits per heavy atom. The lowest BCUT2D eigenvalue weighted by Crippen LogP contribution is -2.40. The van der Waals surface area contributed by atoms with Gasteiger partial charge in [0.15, 0.2) is 0 Å². The van der Waals surface area contributed by atoms with Crippen LogP contribution in [0.2, 0.25) is 0 Å². The minimum Gasteiger partial charge on any atom is -0.469 e. The zero-order chi connectivity index (χ0) is 26.7. The third-order valence-electron chi connectivity index (χ3n) is 6.84. The summed E-state index contributed by atoms with van der Waals surface area (Å²) in [4.78, 5) is 26.0. The van der Waals surface area contributed by atoms with Crippen molar-refractivity contribution in [3.05, 3.63) is 34.9 Å². The molecule has 12 heteroatoms. The Kier molecular flexibility index (Phi) is 8.79. The van der Waals surface area contributed by atoms with Gasteiger partial charge in [-0.2, -0.15) is 26.3 Å². The molecule has 202 valence electrons. The van der Waals surface area contributed by atoms with E-state index in [1.54, 1.807) is 4.90 Å². The Morgan fingerprint density at radius 3 is 2.08 bits per heavy atom. The summed E-state index contributed by atoms with van der Waals surface area (Å²) in [6.07, 6.45) is -7.36. The van der Waals surface area contributed by atoms with Gasteiger partial charge in [-0.1, -0.05) is 6.92 Å². The summed E-state index contributed by atoms with van der Waals surface area (Å²) >= 11 is 0. The van der Waals surface area contributed by atoms with Crippen molar-refractivity contribution in [2.45, 2.75) is 82.5 Å². The molecule has 2 aliphatic rings. The molecule has 1 aromatic carbocycles. The highest BCUT2D eigenvalue weighted by molar-refractivity contribution is 5.72. The number of nitrogens with one attached hydrogen (secondary N) is 1. The molecule has 1 heterocycles. The Morgan fingerprint density at radius 1 is 1.00 bits per heavy atom. The van der Waals surface area contributed by atoms with Gasteiger partial charge < -0.3 is 19.7 Å². The van der Waals surface area contributed by atoms with Gasteiger partial charge in [-0.05, 0) is 62.3 Å². The predicted molar refractivity (Wildman–Crippen MR) is 117 cm³/mol. The van der Waals surface area contributed by atoms with Crippen LogP contribution in [0.3, 0.4) is 0 Å². The first-order valence-corrected chi connectivity index (χ1v) is 11.9. The molecule has 6 nitrogen and oxygen atoms in total.